The summed E-state index contributed by atoms with van der Waals surface area (Å²) < 4.78 is 0. The Bertz CT molecular complexity index is 389. The van der Waals surface area contributed by atoms with E-state index in [0.717, 1.165) is 18.4 Å². The Kier molecular flexibility index (Phi) is 4.37. The predicted octanol–water partition coefficient (Wildman–Crippen LogP) is 2.93. The summed E-state index contributed by atoms with van der Waals surface area (Å²) in [6, 6.07) is 3.65. The van der Waals surface area contributed by atoms with Gasteiger partial charge in [-0.25, -0.2) is 4.98 Å². The molecule has 2 rings (SSSR count). The first-order chi connectivity index (χ1) is 8.25. The molecule has 92 valence electrons. The number of carbonyl (C=O) groups is 1. The predicted molar refractivity (Wildman–Crippen MR) is 67.7 cm³/mol. The average Bonchev–Trinajstić information content (AvgIpc) is 2.37. The highest BCUT2D eigenvalue weighted by molar-refractivity contribution is 6.29. The average molecular weight is 253 g/mol. The van der Waals surface area contributed by atoms with Crippen LogP contribution in [0, 0.1) is 5.92 Å². The SMILES string of the molecule is O=C(NCc1ccnc(Cl)c1)C1CCCCC1. The van der Waals surface area contributed by atoms with E-state index < -0.39 is 0 Å². The number of carbonyl (C=O) groups excluding carboxylic acids is 1. The molecule has 0 aromatic carbocycles. The van der Waals surface area contributed by atoms with E-state index in [9.17, 15) is 4.79 Å². The second-order valence-electron chi connectivity index (χ2n) is 4.54. The number of amides is 1. The Morgan fingerprint density at radius 1 is 1.41 bits per heavy atom. The van der Waals surface area contributed by atoms with Crippen LogP contribution in [0.3, 0.4) is 0 Å². The first-order valence-corrected chi connectivity index (χ1v) is 6.51. The van der Waals surface area contributed by atoms with Gasteiger partial charge in [-0.15, -0.1) is 0 Å². The Morgan fingerprint density at radius 3 is 2.88 bits per heavy atom. The third kappa shape index (κ3) is 3.70. The molecule has 1 N–H and O–H groups in total. The number of rotatable bonds is 3. The molecule has 4 heteroatoms. The standard InChI is InChI=1S/C13H17ClN2O/c14-12-8-10(6-7-15-12)9-16-13(17)11-4-2-1-3-5-11/h6-8,11H,1-5,9H2,(H,16,17). The number of halogens is 1. The summed E-state index contributed by atoms with van der Waals surface area (Å²) in [5, 5.41) is 3.44. The topological polar surface area (TPSA) is 42.0 Å². The van der Waals surface area contributed by atoms with Crippen molar-refractivity contribution < 1.29 is 4.79 Å². The molecule has 1 aromatic heterocycles. The van der Waals surface area contributed by atoms with E-state index >= 15 is 0 Å². The van der Waals surface area contributed by atoms with E-state index in [0.29, 0.717) is 11.7 Å². The molecule has 0 atom stereocenters. The van der Waals surface area contributed by atoms with Crippen LogP contribution in [-0.4, -0.2) is 10.9 Å². The van der Waals surface area contributed by atoms with E-state index in [1.54, 1.807) is 12.3 Å². The highest BCUT2D eigenvalue weighted by atomic mass is 35.5. The second-order valence-corrected chi connectivity index (χ2v) is 4.93. The van der Waals surface area contributed by atoms with Gasteiger partial charge in [-0.05, 0) is 30.5 Å². The first-order valence-electron chi connectivity index (χ1n) is 6.14. The van der Waals surface area contributed by atoms with Gasteiger partial charge in [0, 0.05) is 18.7 Å². The largest absolute Gasteiger partial charge is 0.352 e. The molecule has 3 nitrogen and oxygen atoms in total. The van der Waals surface area contributed by atoms with Crippen molar-refractivity contribution in [3.63, 3.8) is 0 Å². The summed E-state index contributed by atoms with van der Waals surface area (Å²) in [7, 11) is 0. The molecule has 1 aromatic rings. The summed E-state index contributed by atoms with van der Waals surface area (Å²) in [5.74, 6) is 0.388. The van der Waals surface area contributed by atoms with Crippen molar-refractivity contribution in [1.82, 2.24) is 10.3 Å². The van der Waals surface area contributed by atoms with Crippen molar-refractivity contribution in [2.24, 2.45) is 5.92 Å². The third-order valence-electron chi connectivity index (χ3n) is 3.23. The summed E-state index contributed by atoms with van der Waals surface area (Å²) in [6.45, 7) is 0.539. The van der Waals surface area contributed by atoms with Crippen molar-refractivity contribution in [3.8, 4) is 0 Å². The van der Waals surface area contributed by atoms with Crippen molar-refractivity contribution >= 4 is 17.5 Å². The molecule has 1 fully saturated rings. The molecule has 0 unspecified atom stereocenters. The van der Waals surface area contributed by atoms with Crippen LogP contribution in [0.2, 0.25) is 5.15 Å². The van der Waals surface area contributed by atoms with Crippen LogP contribution < -0.4 is 5.32 Å². The normalized spacial score (nSPS) is 16.8. The Balaban J connectivity index is 1.83. The molecule has 0 spiro atoms. The quantitative estimate of drug-likeness (QED) is 0.841. The van der Waals surface area contributed by atoms with Gasteiger partial charge >= 0.3 is 0 Å². The highest BCUT2D eigenvalue weighted by Gasteiger charge is 2.20. The lowest BCUT2D eigenvalue weighted by Crippen LogP contribution is -2.31. The van der Waals surface area contributed by atoms with Gasteiger partial charge in [-0.3, -0.25) is 4.79 Å². The maximum Gasteiger partial charge on any atom is 0.223 e. The molecule has 1 aliphatic rings. The van der Waals surface area contributed by atoms with E-state index in [1.165, 1.54) is 19.3 Å². The Hall–Kier alpha value is -1.09. The molecule has 0 saturated heterocycles. The van der Waals surface area contributed by atoms with Crippen LogP contribution >= 0.6 is 11.6 Å². The first kappa shape index (κ1) is 12.4. The summed E-state index contributed by atoms with van der Waals surface area (Å²) in [6.07, 6.45) is 7.35. The number of pyridine rings is 1. The monoisotopic (exact) mass is 252 g/mol. The summed E-state index contributed by atoms with van der Waals surface area (Å²) in [4.78, 5) is 15.8. The van der Waals surface area contributed by atoms with E-state index in [1.807, 2.05) is 6.07 Å². The lowest BCUT2D eigenvalue weighted by Gasteiger charge is -2.20. The molecular formula is C13H17ClN2O. The lowest BCUT2D eigenvalue weighted by molar-refractivity contribution is -0.126. The van der Waals surface area contributed by atoms with Gasteiger partial charge in [0.15, 0.2) is 0 Å². The van der Waals surface area contributed by atoms with Crippen molar-refractivity contribution in [3.05, 3.63) is 29.0 Å². The van der Waals surface area contributed by atoms with Crippen molar-refractivity contribution in [2.45, 2.75) is 38.6 Å². The number of hydrogen-bond donors (Lipinski definition) is 1. The molecule has 1 saturated carbocycles. The summed E-state index contributed by atoms with van der Waals surface area (Å²) in [5.41, 5.74) is 0.995. The van der Waals surface area contributed by atoms with E-state index in [-0.39, 0.29) is 11.8 Å². The van der Waals surface area contributed by atoms with Crippen LogP contribution in [0.15, 0.2) is 18.3 Å². The van der Waals surface area contributed by atoms with Gasteiger partial charge in [0.05, 0.1) is 0 Å². The fourth-order valence-electron chi connectivity index (χ4n) is 2.25. The summed E-state index contributed by atoms with van der Waals surface area (Å²) >= 11 is 5.79. The van der Waals surface area contributed by atoms with Crippen LogP contribution in [0.25, 0.3) is 0 Å². The molecule has 1 aliphatic carbocycles. The van der Waals surface area contributed by atoms with Crippen LogP contribution in [0.4, 0.5) is 0 Å². The smallest absolute Gasteiger partial charge is 0.223 e. The Morgan fingerprint density at radius 2 is 2.18 bits per heavy atom. The minimum atomic E-state index is 0.178. The number of aromatic nitrogens is 1. The van der Waals surface area contributed by atoms with Crippen molar-refractivity contribution in [2.75, 3.05) is 0 Å². The molecule has 0 radical (unpaired) electrons. The maximum atomic E-state index is 11.9. The number of hydrogen-bond acceptors (Lipinski definition) is 2. The van der Waals surface area contributed by atoms with Gasteiger partial charge in [-0.2, -0.15) is 0 Å². The third-order valence-corrected chi connectivity index (χ3v) is 3.44. The molecule has 1 heterocycles. The molecule has 0 bridgehead atoms. The zero-order valence-electron chi connectivity index (χ0n) is 9.79. The van der Waals surface area contributed by atoms with Gasteiger partial charge in [-0.1, -0.05) is 30.9 Å². The maximum absolute atomic E-state index is 11.9. The fraction of sp³-hybridized carbons (Fsp3) is 0.538. The molecular weight excluding hydrogens is 236 g/mol. The van der Waals surface area contributed by atoms with Gasteiger partial charge in [0.2, 0.25) is 5.91 Å². The molecule has 1 amide bonds. The zero-order valence-corrected chi connectivity index (χ0v) is 10.5. The fourth-order valence-corrected chi connectivity index (χ4v) is 2.45. The molecule has 17 heavy (non-hydrogen) atoms. The highest BCUT2D eigenvalue weighted by Crippen LogP contribution is 2.23. The van der Waals surface area contributed by atoms with Gasteiger partial charge in [0.1, 0.15) is 5.15 Å². The van der Waals surface area contributed by atoms with Crippen LogP contribution in [0.5, 0.6) is 0 Å². The van der Waals surface area contributed by atoms with Crippen molar-refractivity contribution in [1.29, 1.82) is 0 Å². The van der Waals surface area contributed by atoms with Gasteiger partial charge in [0.25, 0.3) is 0 Å². The molecule has 0 aliphatic heterocycles. The van der Waals surface area contributed by atoms with E-state index in [2.05, 4.69) is 10.3 Å². The minimum Gasteiger partial charge on any atom is -0.352 e. The number of nitrogens with zero attached hydrogens (tertiary/aromatic N) is 1. The van der Waals surface area contributed by atoms with Gasteiger partial charge < -0.3 is 5.32 Å². The number of nitrogens with one attached hydrogen (secondary N) is 1. The minimum absolute atomic E-state index is 0.178. The second kappa shape index (κ2) is 6.01. The van der Waals surface area contributed by atoms with Crippen LogP contribution in [0.1, 0.15) is 37.7 Å². The zero-order chi connectivity index (χ0) is 12.1. The van der Waals surface area contributed by atoms with E-state index in [4.69, 9.17) is 11.6 Å². The Labute approximate surface area is 107 Å². The lowest BCUT2D eigenvalue weighted by atomic mass is 9.88. The van der Waals surface area contributed by atoms with Crippen LogP contribution in [-0.2, 0) is 11.3 Å².